The summed E-state index contributed by atoms with van der Waals surface area (Å²) in [7, 11) is 1.68. The van der Waals surface area contributed by atoms with Gasteiger partial charge in [0.1, 0.15) is 5.00 Å². The molecule has 2 N–H and O–H groups in total. The summed E-state index contributed by atoms with van der Waals surface area (Å²) in [4.78, 5) is 14.0. The van der Waals surface area contributed by atoms with Gasteiger partial charge in [-0.05, 0) is 51.5 Å². The second-order valence-electron chi connectivity index (χ2n) is 5.82. The zero-order chi connectivity index (χ0) is 15.2. The Hall–Kier alpha value is -1.07. The number of aryl methyl sites for hydroxylation is 1. The van der Waals surface area contributed by atoms with E-state index in [4.69, 9.17) is 4.74 Å². The van der Waals surface area contributed by atoms with E-state index in [2.05, 4.69) is 24.5 Å². The standard InChI is InChI=1S/C16H26N2O2S/c1-11(2)18-16-14(15(19)17-9-6-10-20-3)12-7-4-5-8-13(12)21-16/h11,18H,4-10H2,1-3H3,(H,17,19). The van der Waals surface area contributed by atoms with E-state index < -0.39 is 0 Å². The molecule has 5 heteroatoms. The van der Waals surface area contributed by atoms with E-state index in [0.29, 0.717) is 19.2 Å². The van der Waals surface area contributed by atoms with Gasteiger partial charge < -0.3 is 15.4 Å². The van der Waals surface area contributed by atoms with Gasteiger partial charge in [-0.25, -0.2) is 0 Å². The molecule has 4 nitrogen and oxygen atoms in total. The average molecular weight is 310 g/mol. The lowest BCUT2D eigenvalue weighted by Crippen LogP contribution is -2.27. The van der Waals surface area contributed by atoms with E-state index in [-0.39, 0.29) is 5.91 Å². The molecule has 118 valence electrons. The van der Waals surface area contributed by atoms with Crippen LogP contribution in [0, 0.1) is 0 Å². The maximum Gasteiger partial charge on any atom is 0.254 e. The Morgan fingerprint density at radius 1 is 1.33 bits per heavy atom. The monoisotopic (exact) mass is 310 g/mol. The van der Waals surface area contributed by atoms with Crippen LogP contribution in [-0.2, 0) is 17.6 Å². The average Bonchev–Trinajstić information content (AvgIpc) is 2.80. The maximum absolute atomic E-state index is 12.6. The van der Waals surface area contributed by atoms with E-state index >= 15 is 0 Å². The number of ether oxygens (including phenoxy) is 1. The van der Waals surface area contributed by atoms with Crippen molar-refractivity contribution in [3.63, 3.8) is 0 Å². The molecule has 0 bridgehead atoms. The fourth-order valence-electron chi connectivity index (χ4n) is 2.68. The summed E-state index contributed by atoms with van der Waals surface area (Å²) in [5.74, 6) is 0.0636. The molecule has 0 aromatic carbocycles. The molecule has 0 saturated carbocycles. The molecule has 0 unspecified atom stereocenters. The molecule has 2 rings (SSSR count). The molecular formula is C16H26N2O2S. The van der Waals surface area contributed by atoms with E-state index in [9.17, 15) is 4.79 Å². The number of methoxy groups -OCH3 is 1. The highest BCUT2D eigenvalue weighted by molar-refractivity contribution is 7.16. The molecule has 1 amide bonds. The molecule has 0 radical (unpaired) electrons. The molecule has 1 aromatic heterocycles. The summed E-state index contributed by atoms with van der Waals surface area (Å²) in [6.07, 6.45) is 5.43. The quantitative estimate of drug-likeness (QED) is 0.760. The van der Waals surface area contributed by atoms with Crippen molar-refractivity contribution in [2.45, 2.75) is 52.0 Å². The Balaban J connectivity index is 2.14. The van der Waals surface area contributed by atoms with Crippen LogP contribution in [0.3, 0.4) is 0 Å². The lowest BCUT2D eigenvalue weighted by atomic mass is 9.95. The van der Waals surface area contributed by atoms with Crippen LogP contribution in [-0.4, -0.2) is 32.2 Å². The van der Waals surface area contributed by atoms with E-state index in [1.54, 1.807) is 18.4 Å². The van der Waals surface area contributed by atoms with Gasteiger partial charge >= 0.3 is 0 Å². The third-order valence-electron chi connectivity index (χ3n) is 3.63. The van der Waals surface area contributed by atoms with E-state index in [1.165, 1.54) is 23.3 Å². The SMILES string of the molecule is COCCCNC(=O)c1c(NC(C)C)sc2c1CCCC2. The van der Waals surface area contributed by atoms with Crippen LogP contribution in [0.2, 0.25) is 0 Å². The summed E-state index contributed by atoms with van der Waals surface area (Å²) >= 11 is 1.77. The van der Waals surface area contributed by atoms with Gasteiger partial charge in [0.25, 0.3) is 5.91 Å². The van der Waals surface area contributed by atoms with Gasteiger partial charge in [0.15, 0.2) is 0 Å². The largest absolute Gasteiger partial charge is 0.385 e. The van der Waals surface area contributed by atoms with Crippen molar-refractivity contribution in [1.82, 2.24) is 5.32 Å². The molecule has 21 heavy (non-hydrogen) atoms. The Bertz CT molecular complexity index is 483. The summed E-state index contributed by atoms with van der Waals surface area (Å²) in [5, 5.41) is 7.52. The third kappa shape index (κ3) is 4.20. The molecule has 1 aliphatic rings. The van der Waals surface area contributed by atoms with E-state index in [0.717, 1.165) is 29.8 Å². The topological polar surface area (TPSA) is 50.4 Å². The van der Waals surface area contributed by atoms with Gasteiger partial charge in [-0.1, -0.05) is 0 Å². The molecule has 0 atom stereocenters. The molecule has 0 spiro atoms. The van der Waals surface area contributed by atoms with Gasteiger partial charge in [-0.3, -0.25) is 4.79 Å². The van der Waals surface area contributed by atoms with Gasteiger partial charge in [-0.2, -0.15) is 0 Å². The highest BCUT2D eigenvalue weighted by atomic mass is 32.1. The zero-order valence-corrected chi connectivity index (χ0v) is 14.1. The van der Waals surface area contributed by atoms with Crippen LogP contribution in [0.15, 0.2) is 0 Å². The first-order valence-electron chi connectivity index (χ1n) is 7.81. The van der Waals surface area contributed by atoms with Gasteiger partial charge in [0, 0.05) is 31.2 Å². The molecular weight excluding hydrogens is 284 g/mol. The second kappa shape index (κ2) is 7.80. The van der Waals surface area contributed by atoms with Gasteiger partial charge in [0.05, 0.1) is 5.56 Å². The maximum atomic E-state index is 12.6. The minimum atomic E-state index is 0.0636. The fourth-order valence-corrected chi connectivity index (χ4v) is 4.11. The summed E-state index contributed by atoms with van der Waals surface area (Å²) in [6.45, 7) is 5.56. The molecule has 0 aliphatic heterocycles. The Kier molecular flexibility index (Phi) is 6.06. The lowest BCUT2D eigenvalue weighted by molar-refractivity contribution is 0.0948. The first kappa shape index (κ1) is 16.3. The number of thiophene rings is 1. The Labute approximate surface area is 131 Å². The van der Waals surface area contributed by atoms with Crippen LogP contribution >= 0.6 is 11.3 Å². The second-order valence-corrected chi connectivity index (χ2v) is 6.92. The summed E-state index contributed by atoms with van der Waals surface area (Å²) in [6, 6.07) is 0.338. The molecule has 0 fully saturated rings. The number of anilines is 1. The van der Waals surface area contributed by atoms with Crippen LogP contribution in [0.4, 0.5) is 5.00 Å². The van der Waals surface area contributed by atoms with Crippen molar-refractivity contribution in [3.05, 3.63) is 16.0 Å². The normalized spacial score (nSPS) is 14.1. The smallest absolute Gasteiger partial charge is 0.254 e. The number of carbonyl (C=O) groups is 1. The van der Waals surface area contributed by atoms with Gasteiger partial charge in [0.2, 0.25) is 0 Å². The lowest BCUT2D eigenvalue weighted by Gasteiger charge is -2.14. The van der Waals surface area contributed by atoms with Crippen LogP contribution in [0.1, 0.15) is 53.9 Å². The third-order valence-corrected chi connectivity index (χ3v) is 4.85. The number of hydrogen-bond donors (Lipinski definition) is 2. The fraction of sp³-hybridized carbons (Fsp3) is 0.688. The highest BCUT2D eigenvalue weighted by Crippen LogP contribution is 2.38. The highest BCUT2D eigenvalue weighted by Gasteiger charge is 2.25. The minimum Gasteiger partial charge on any atom is -0.385 e. The predicted molar refractivity (Wildman–Crippen MR) is 88.5 cm³/mol. The van der Waals surface area contributed by atoms with Crippen molar-refractivity contribution in [2.24, 2.45) is 0 Å². The minimum absolute atomic E-state index is 0.0636. The number of rotatable bonds is 7. The first-order chi connectivity index (χ1) is 10.1. The number of nitrogens with one attached hydrogen (secondary N) is 2. The molecule has 0 saturated heterocycles. The van der Waals surface area contributed by atoms with E-state index in [1.807, 2.05) is 0 Å². The van der Waals surface area contributed by atoms with Crippen molar-refractivity contribution in [2.75, 3.05) is 25.6 Å². The van der Waals surface area contributed by atoms with Crippen molar-refractivity contribution < 1.29 is 9.53 Å². The van der Waals surface area contributed by atoms with Crippen molar-refractivity contribution in [1.29, 1.82) is 0 Å². The molecule has 1 aromatic rings. The predicted octanol–water partition coefficient (Wildman–Crippen LogP) is 3.21. The summed E-state index contributed by atoms with van der Waals surface area (Å²) in [5.41, 5.74) is 2.17. The molecule has 1 aliphatic carbocycles. The number of carbonyl (C=O) groups excluding carboxylic acids is 1. The van der Waals surface area contributed by atoms with Crippen LogP contribution < -0.4 is 10.6 Å². The Morgan fingerprint density at radius 3 is 2.81 bits per heavy atom. The zero-order valence-electron chi connectivity index (χ0n) is 13.3. The van der Waals surface area contributed by atoms with Gasteiger partial charge in [-0.15, -0.1) is 11.3 Å². The molecule has 1 heterocycles. The summed E-state index contributed by atoms with van der Waals surface area (Å²) < 4.78 is 5.02. The van der Waals surface area contributed by atoms with Crippen molar-refractivity contribution in [3.8, 4) is 0 Å². The number of amides is 1. The number of fused-ring (bicyclic) bond motifs is 1. The Morgan fingerprint density at radius 2 is 2.10 bits per heavy atom. The van der Waals surface area contributed by atoms with Crippen LogP contribution in [0.5, 0.6) is 0 Å². The van der Waals surface area contributed by atoms with Crippen molar-refractivity contribution >= 4 is 22.2 Å². The first-order valence-corrected chi connectivity index (χ1v) is 8.63. The number of hydrogen-bond acceptors (Lipinski definition) is 4. The van der Waals surface area contributed by atoms with Crippen LogP contribution in [0.25, 0.3) is 0 Å².